The Bertz CT molecular complexity index is 5250. The number of para-hydroxylation sites is 3. The first-order valence-corrected chi connectivity index (χ1v) is 33.4. The van der Waals surface area contributed by atoms with Crippen molar-refractivity contribution < 1.29 is 0 Å². The smallest absolute Gasteiger partial charge is 0.0542 e. The third-order valence-electron chi connectivity index (χ3n) is 17.1. The Morgan fingerprint density at radius 1 is 0.214 bits per heavy atom. The van der Waals surface area contributed by atoms with Crippen molar-refractivity contribution in [3.63, 3.8) is 0 Å². The normalized spacial score (nSPS) is 12.7. The number of hydrogen-bond acceptors (Lipinski definition) is 2. The molecule has 0 aliphatic heterocycles. The molecule has 84 heavy (non-hydrogen) atoms. The van der Waals surface area contributed by atoms with Crippen LogP contribution in [0.1, 0.15) is 0 Å². The third-order valence-corrected chi connectivity index (χ3v) is 27.4. The second-order valence-electron chi connectivity index (χ2n) is 21.5. The molecule has 0 aliphatic carbocycles. The standard InChI is InChI=1S/C78H52N2S4/c1-5-24-55(25-6-1)83(56-26-7-2-8-27-56,59-32-21-23-53(49-59)79-72-40-19-15-35-64(72)67-50-54(43-46-73(67)79)80-70-38-17-13-33-62(70)63-34-14-18-39-71(63)80)60-44-47-75-68(51-60)69-52-61(45-48-76(69)81-75)84(57-28-9-3-10-29-57,58-30-11-4-12-31-58)77-42-22-37-66-65-36-16-20-41-74(65)82-78(66)77/h1-52H. The van der Waals surface area contributed by atoms with Crippen LogP contribution in [0.25, 0.3) is 95.3 Å². The number of rotatable bonds is 10. The van der Waals surface area contributed by atoms with Crippen LogP contribution in [0, 0.1) is 0 Å². The first kappa shape index (κ1) is 49.2. The average Bonchev–Trinajstić information content (AvgIpc) is 1.97. The Balaban J connectivity index is 0.895. The molecular formula is C78H52N2S4. The summed E-state index contributed by atoms with van der Waals surface area (Å²) in [7, 11) is -4.22. The summed E-state index contributed by atoms with van der Waals surface area (Å²) in [6, 6.07) is 119. The van der Waals surface area contributed by atoms with Gasteiger partial charge in [0.2, 0.25) is 0 Å². The van der Waals surface area contributed by atoms with Gasteiger partial charge in [-0.05, 0) is 152 Å². The van der Waals surface area contributed by atoms with Crippen LogP contribution in [-0.2, 0) is 0 Å². The lowest BCUT2D eigenvalue weighted by Crippen LogP contribution is -2.06. The Morgan fingerprint density at radius 3 is 1.17 bits per heavy atom. The van der Waals surface area contributed by atoms with E-state index in [1.807, 2.05) is 22.7 Å². The summed E-state index contributed by atoms with van der Waals surface area (Å²) in [6.07, 6.45) is 0. The largest absolute Gasteiger partial charge is 0.309 e. The van der Waals surface area contributed by atoms with E-state index in [0.717, 1.165) is 11.4 Å². The van der Waals surface area contributed by atoms with Gasteiger partial charge in [0.1, 0.15) is 0 Å². The molecule has 4 heterocycles. The minimum atomic E-state index is -2.16. The molecule has 398 valence electrons. The minimum absolute atomic E-state index is 1.13. The lowest BCUT2D eigenvalue weighted by atomic mass is 10.1. The average molecular weight is 1150 g/mol. The van der Waals surface area contributed by atoms with Crippen LogP contribution in [0.3, 0.4) is 0 Å². The molecule has 0 saturated carbocycles. The molecule has 0 amide bonds. The SMILES string of the molecule is c1ccc(S(c2ccccc2)(c2cccc(-n3c4ccccc4c4cc(-n5c6ccccc6c6ccccc65)ccc43)c2)c2ccc3sc4ccc(S(c5ccccc5)(c5ccccc5)c5cccc6c5sc5ccccc56)cc4c3c2)cc1. The van der Waals surface area contributed by atoms with Gasteiger partial charge in [-0.1, -0.05) is 164 Å². The second kappa shape index (κ2) is 19.6. The van der Waals surface area contributed by atoms with Crippen molar-refractivity contribution in [1.29, 1.82) is 0 Å². The maximum absolute atomic E-state index is 2.58. The molecule has 0 atom stereocenters. The molecule has 0 unspecified atom stereocenters. The highest BCUT2D eigenvalue weighted by molar-refractivity contribution is 8.34. The number of hydrogen-bond donors (Lipinski definition) is 0. The van der Waals surface area contributed by atoms with Crippen molar-refractivity contribution >= 4 is 127 Å². The van der Waals surface area contributed by atoms with Crippen molar-refractivity contribution in [2.75, 3.05) is 0 Å². The van der Waals surface area contributed by atoms with E-state index >= 15 is 0 Å². The summed E-state index contributed by atoms with van der Waals surface area (Å²) >= 11 is 3.83. The van der Waals surface area contributed by atoms with Gasteiger partial charge in [-0.3, -0.25) is 0 Å². The first-order valence-electron chi connectivity index (χ1n) is 28.5. The minimum Gasteiger partial charge on any atom is -0.309 e. The predicted molar refractivity (Wildman–Crippen MR) is 361 cm³/mol. The van der Waals surface area contributed by atoms with Gasteiger partial charge in [-0.2, -0.15) is 0 Å². The van der Waals surface area contributed by atoms with Crippen LogP contribution in [0.15, 0.2) is 355 Å². The van der Waals surface area contributed by atoms with E-state index in [1.54, 1.807) is 0 Å². The Kier molecular flexibility index (Phi) is 11.5. The van der Waals surface area contributed by atoms with E-state index in [0.29, 0.717) is 0 Å². The number of thiophene rings is 2. The monoisotopic (exact) mass is 1140 g/mol. The molecule has 0 N–H and O–H groups in total. The summed E-state index contributed by atoms with van der Waals surface area (Å²) in [6.45, 7) is 0. The van der Waals surface area contributed by atoms with Crippen LogP contribution in [0.5, 0.6) is 0 Å². The van der Waals surface area contributed by atoms with E-state index in [2.05, 4.69) is 325 Å². The molecule has 0 saturated heterocycles. The number of nitrogens with zero attached hydrogens (tertiary/aromatic N) is 2. The summed E-state index contributed by atoms with van der Waals surface area (Å²) < 4.78 is 10.2. The van der Waals surface area contributed by atoms with Gasteiger partial charge < -0.3 is 9.13 Å². The molecule has 0 spiro atoms. The van der Waals surface area contributed by atoms with Gasteiger partial charge in [0.05, 0.1) is 22.1 Å². The molecule has 0 aliphatic rings. The fraction of sp³-hybridized carbons (Fsp3) is 0. The van der Waals surface area contributed by atoms with E-state index < -0.39 is 20.1 Å². The first-order chi connectivity index (χ1) is 41.7. The van der Waals surface area contributed by atoms with Crippen LogP contribution < -0.4 is 0 Å². The highest BCUT2D eigenvalue weighted by Crippen LogP contribution is 2.76. The van der Waals surface area contributed by atoms with Crippen LogP contribution in [0.4, 0.5) is 0 Å². The summed E-state index contributed by atoms with van der Waals surface area (Å²) in [5.74, 6) is 0. The Hall–Kier alpha value is -9.40. The van der Waals surface area contributed by atoms with Gasteiger partial charge in [-0.25, -0.2) is 0 Å². The highest BCUT2D eigenvalue weighted by atomic mass is 32.3. The molecule has 2 nitrogen and oxygen atoms in total. The molecule has 17 rings (SSSR count). The topological polar surface area (TPSA) is 9.86 Å². The molecule has 17 aromatic rings. The molecule has 0 fully saturated rings. The zero-order valence-electron chi connectivity index (χ0n) is 45.5. The second-order valence-corrected chi connectivity index (χ2v) is 29.9. The maximum Gasteiger partial charge on any atom is 0.0542 e. The zero-order chi connectivity index (χ0) is 55.3. The van der Waals surface area contributed by atoms with Crippen molar-refractivity contribution in [3.8, 4) is 11.4 Å². The number of fused-ring (bicyclic) bond motifs is 12. The van der Waals surface area contributed by atoms with Gasteiger partial charge in [-0.15, -0.1) is 42.7 Å². The highest BCUT2D eigenvalue weighted by Gasteiger charge is 2.37. The van der Waals surface area contributed by atoms with Crippen molar-refractivity contribution in [2.24, 2.45) is 0 Å². The quantitative estimate of drug-likeness (QED) is 0.129. The van der Waals surface area contributed by atoms with Crippen molar-refractivity contribution in [3.05, 3.63) is 315 Å². The molecule has 13 aromatic carbocycles. The molecule has 0 bridgehead atoms. The van der Waals surface area contributed by atoms with Crippen LogP contribution in [0.2, 0.25) is 0 Å². The zero-order valence-corrected chi connectivity index (χ0v) is 48.8. The van der Waals surface area contributed by atoms with Crippen LogP contribution >= 0.6 is 42.7 Å². The fourth-order valence-electron chi connectivity index (χ4n) is 13.6. The lowest BCUT2D eigenvalue weighted by Gasteiger charge is -2.42. The van der Waals surface area contributed by atoms with E-state index in [9.17, 15) is 0 Å². The molecule has 0 radical (unpaired) electrons. The summed E-state index contributed by atoms with van der Waals surface area (Å²) in [5, 5.41) is 10.2. The Labute approximate surface area is 498 Å². The molecule has 6 heteroatoms. The maximum atomic E-state index is 2.58. The van der Waals surface area contributed by atoms with Crippen LogP contribution in [-0.4, -0.2) is 9.13 Å². The third kappa shape index (κ3) is 7.31. The summed E-state index contributed by atoms with van der Waals surface area (Å²) in [5.41, 5.74) is 7.05. The lowest BCUT2D eigenvalue weighted by molar-refractivity contribution is 1.14. The van der Waals surface area contributed by atoms with Gasteiger partial charge in [0.25, 0.3) is 0 Å². The fourth-order valence-corrected chi connectivity index (χ4v) is 24.1. The number of benzene rings is 13. The van der Waals surface area contributed by atoms with E-state index in [4.69, 9.17) is 0 Å². The summed E-state index contributed by atoms with van der Waals surface area (Å²) in [4.78, 5) is 10.5. The van der Waals surface area contributed by atoms with Gasteiger partial charge in [0.15, 0.2) is 0 Å². The predicted octanol–water partition coefficient (Wildman–Crippen LogP) is 23.3. The van der Waals surface area contributed by atoms with Gasteiger partial charge >= 0.3 is 0 Å². The van der Waals surface area contributed by atoms with E-state index in [-0.39, 0.29) is 0 Å². The molecular weight excluding hydrogens is 1090 g/mol. The Morgan fingerprint density at radius 2 is 0.607 bits per heavy atom. The van der Waals surface area contributed by atoms with Crippen molar-refractivity contribution in [2.45, 2.75) is 39.2 Å². The van der Waals surface area contributed by atoms with E-state index in [1.165, 1.54) is 123 Å². The number of aromatic nitrogens is 2. The van der Waals surface area contributed by atoms with Crippen molar-refractivity contribution in [1.82, 2.24) is 9.13 Å². The molecule has 4 aromatic heterocycles. The van der Waals surface area contributed by atoms with Gasteiger partial charge in [0, 0.05) is 112 Å².